The normalized spacial score (nSPS) is 10.5. The maximum atomic E-state index is 11.8. The lowest BCUT2D eigenvalue weighted by atomic mass is 10.1. The van der Waals surface area contributed by atoms with Crippen LogP contribution in [0.4, 0.5) is 5.69 Å². The summed E-state index contributed by atoms with van der Waals surface area (Å²) in [6.07, 6.45) is 1.89. The summed E-state index contributed by atoms with van der Waals surface area (Å²) in [4.78, 5) is 16.4. The van der Waals surface area contributed by atoms with Gasteiger partial charge in [-0.15, -0.1) is 0 Å². The van der Waals surface area contributed by atoms with Crippen molar-refractivity contribution < 1.29 is 9.84 Å². The molecule has 0 aliphatic rings. The number of aromatic nitrogens is 1. The first-order valence-corrected chi connectivity index (χ1v) is 6.72. The average Bonchev–Trinajstić information content (AvgIpc) is 2.42. The van der Waals surface area contributed by atoms with Gasteiger partial charge in [0.15, 0.2) is 5.75 Å². The Morgan fingerprint density at radius 1 is 1.38 bits per heavy atom. The molecule has 0 aliphatic heterocycles. The highest BCUT2D eigenvalue weighted by Crippen LogP contribution is 2.32. The van der Waals surface area contributed by atoms with E-state index in [4.69, 9.17) is 4.74 Å². The van der Waals surface area contributed by atoms with Gasteiger partial charge in [0.2, 0.25) is 5.75 Å². The van der Waals surface area contributed by atoms with Crippen molar-refractivity contribution in [1.82, 2.24) is 4.98 Å². The summed E-state index contributed by atoms with van der Waals surface area (Å²) in [5.74, 6) is -0.168. The minimum absolute atomic E-state index is 0.219. The van der Waals surface area contributed by atoms with Crippen molar-refractivity contribution in [2.24, 2.45) is 0 Å². The molecule has 21 heavy (non-hydrogen) atoms. The van der Waals surface area contributed by atoms with Crippen LogP contribution >= 0.6 is 0 Å². The van der Waals surface area contributed by atoms with Crippen LogP contribution in [0, 0.1) is 0 Å². The number of H-pyrrole nitrogens is 1. The molecule has 2 N–H and O–H groups in total. The standard InChI is InChI=1S/C16H20N2O3/c1-10(2)7-8-21-15-12-6-5-11(18(3)4)9-13(12)17-16(20)14(15)19/h5-7,9,19H,8H2,1-4H3,(H,17,20). The Kier molecular flexibility index (Phi) is 4.21. The largest absolute Gasteiger partial charge is 0.500 e. The van der Waals surface area contributed by atoms with E-state index >= 15 is 0 Å². The molecule has 0 atom stereocenters. The number of fused-ring (bicyclic) bond motifs is 1. The molecular formula is C16H20N2O3. The van der Waals surface area contributed by atoms with Crippen molar-refractivity contribution in [2.75, 3.05) is 25.6 Å². The summed E-state index contributed by atoms with van der Waals surface area (Å²) in [5, 5.41) is 10.6. The minimum atomic E-state index is -0.550. The van der Waals surface area contributed by atoms with Crippen molar-refractivity contribution in [3.63, 3.8) is 0 Å². The van der Waals surface area contributed by atoms with Gasteiger partial charge in [0.05, 0.1) is 5.52 Å². The lowest BCUT2D eigenvalue weighted by Crippen LogP contribution is -2.11. The van der Waals surface area contributed by atoms with Crippen LogP contribution in [0.1, 0.15) is 13.8 Å². The molecule has 1 aromatic carbocycles. The summed E-state index contributed by atoms with van der Waals surface area (Å²) in [7, 11) is 3.85. The lowest BCUT2D eigenvalue weighted by molar-refractivity contribution is 0.337. The predicted octanol–water partition coefficient (Wildman–Crippen LogP) is 2.64. The first kappa shape index (κ1) is 15.0. The van der Waals surface area contributed by atoms with Crippen LogP contribution in [0.5, 0.6) is 11.5 Å². The summed E-state index contributed by atoms with van der Waals surface area (Å²) in [6, 6.07) is 5.59. The van der Waals surface area contributed by atoms with Gasteiger partial charge in [-0.1, -0.05) is 5.57 Å². The number of nitrogens with zero attached hydrogens (tertiary/aromatic N) is 1. The molecule has 0 fully saturated rings. The van der Waals surface area contributed by atoms with Gasteiger partial charge in [0.1, 0.15) is 6.61 Å². The molecular weight excluding hydrogens is 268 g/mol. The summed E-state index contributed by atoms with van der Waals surface area (Å²) < 4.78 is 5.58. The smallest absolute Gasteiger partial charge is 0.294 e. The molecule has 0 saturated carbocycles. The topological polar surface area (TPSA) is 65.6 Å². The van der Waals surface area contributed by atoms with Crippen LogP contribution in [-0.4, -0.2) is 30.8 Å². The van der Waals surface area contributed by atoms with Crippen LogP contribution in [-0.2, 0) is 0 Å². The first-order chi connectivity index (χ1) is 9.90. The van der Waals surface area contributed by atoms with Gasteiger partial charge in [-0.2, -0.15) is 0 Å². The second kappa shape index (κ2) is 5.91. The van der Waals surface area contributed by atoms with Crippen LogP contribution in [0.15, 0.2) is 34.6 Å². The molecule has 2 aromatic rings. The average molecular weight is 288 g/mol. The van der Waals surface area contributed by atoms with E-state index in [0.29, 0.717) is 17.5 Å². The zero-order valence-electron chi connectivity index (χ0n) is 12.7. The highest BCUT2D eigenvalue weighted by Gasteiger charge is 2.13. The van der Waals surface area contributed by atoms with Crippen LogP contribution in [0.3, 0.4) is 0 Å². The molecule has 0 radical (unpaired) electrons. The number of benzene rings is 1. The fourth-order valence-corrected chi connectivity index (χ4v) is 1.96. The van der Waals surface area contributed by atoms with Crippen LogP contribution in [0.25, 0.3) is 10.9 Å². The molecule has 2 rings (SSSR count). The summed E-state index contributed by atoms with van der Waals surface area (Å²) in [5.41, 5.74) is 2.15. The Hall–Kier alpha value is -2.43. The Balaban J connectivity index is 2.54. The number of anilines is 1. The lowest BCUT2D eigenvalue weighted by Gasteiger charge is -2.14. The Morgan fingerprint density at radius 3 is 2.71 bits per heavy atom. The Bertz CT molecular complexity index is 741. The highest BCUT2D eigenvalue weighted by molar-refractivity contribution is 5.89. The number of aromatic hydroxyl groups is 1. The van der Waals surface area contributed by atoms with Crippen molar-refractivity contribution >= 4 is 16.6 Å². The third kappa shape index (κ3) is 3.18. The van der Waals surface area contributed by atoms with Gasteiger partial charge < -0.3 is 19.7 Å². The van der Waals surface area contributed by atoms with Gasteiger partial charge in [0.25, 0.3) is 5.56 Å². The molecule has 0 aliphatic carbocycles. The maximum absolute atomic E-state index is 11.8. The van der Waals surface area contributed by atoms with E-state index in [1.165, 1.54) is 0 Å². The number of pyridine rings is 1. The predicted molar refractivity (Wildman–Crippen MR) is 85.5 cm³/mol. The van der Waals surface area contributed by atoms with Crippen LogP contribution in [0.2, 0.25) is 0 Å². The molecule has 5 nitrogen and oxygen atoms in total. The van der Waals surface area contributed by atoms with E-state index in [1.807, 2.05) is 57.1 Å². The summed E-state index contributed by atoms with van der Waals surface area (Å²) in [6.45, 7) is 4.23. The van der Waals surface area contributed by atoms with Gasteiger partial charge >= 0.3 is 0 Å². The van der Waals surface area contributed by atoms with Gasteiger partial charge in [-0.05, 0) is 38.1 Å². The molecule has 0 unspecified atom stereocenters. The van der Waals surface area contributed by atoms with E-state index < -0.39 is 5.56 Å². The van der Waals surface area contributed by atoms with Gasteiger partial charge in [0, 0.05) is 25.2 Å². The number of hydrogen-bond acceptors (Lipinski definition) is 4. The maximum Gasteiger partial charge on any atom is 0.294 e. The molecule has 0 bridgehead atoms. The fourth-order valence-electron chi connectivity index (χ4n) is 1.96. The molecule has 0 saturated heterocycles. The van der Waals surface area contributed by atoms with E-state index in [1.54, 1.807) is 0 Å². The quantitative estimate of drug-likeness (QED) is 0.849. The van der Waals surface area contributed by atoms with Crippen molar-refractivity contribution in [2.45, 2.75) is 13.8 Å². The van der Waals surface area contributed by atoms with E-state index in [-0.39, 0.29) is 11.5 Å². The number of rotatable bonds is 4. The van der Waals surface area contributed by atoms with Crippen molar-refractivity contribution in [1.29, 1.82) is 0 Å². The number of nitrogens with one attached hydrogen (secondary N) is 1. The first-order valence-electron chi connectivity index (χ1n) is 6.72. The third-order valence-electron chi connectivity index (χ3n) is 3.16. The molecule has 0 spiro atoms. The summed E-state index contributed by atoms with van der Waals surface area (Å²) >= 11 is 0. The molecule has 0 amide bonds. The Morgan fingerprint density at radius 2 is 2.10 bits per heavy atom. The number of allylic oxidation sites excluding steroid dienone is 1. The Labute approximate surface area is 123 Å². The van der Waals surface area contributed by atoms with Crippen molar-refractivity contribution in [3.8, 4) is 11.5 Å². The van der Waals surface area contributed by atoms with E-state index in [9.17, 15) is 9.90 Å². The fraction of sp³-hybridized carbons (Fsp3) is 0.312. The zero-order chi connectivity index (χ0) is 15.6. The van der Waals surface area contributed by atoms with E-state index in [0.717, 1.165) is 11.3 Å². The molecule has 5 heteroatoms. The van der Waals surface area contributed by atoms with Crippen molar-refractivity contribution in [3.05, 3.63) is 40.2 Å². The monoisotopic (exact) mass is 288 g/mol. The number of hydrogen-bond donors (Lipinski definition) is 2. The van der Waals surface area contributed by atoms with Crippen LogP contribution < -0.4 is 15.2 Å². The molecule has 1 aromatic heterocycles. The second-order valence-corrected chi connectivity index (χ2v) is 5.35. The SMILES string of the molecule is CC(C)=CCOc1c(O)c(=O)[nH]c2cc(N(C)C)ccc12. The second-order valence-electron chi connectivity index (χ2n) is 5.35. The van der Waals surface area contributed by atoms with E-state index in [2.05, 4.69) is 4.98 Å². The number of ether oxygens (including phenoxy) is 1. The molecule has 1 heterocycles. The minimum Gasteiger partial charge on any atom is -0.500 e. The number of aromatic amines is 1. The van der Waals surface area contributed by atoms with Gasteiger partial charge in [-0.25, -0.2) is 0 Å². The highest BCUT2D eigenvalue weighted by atomic mass is 16.5. The zero-order valence-corrected chi connectivity index (χ0v) is 12.7. The molecule has 112 valence electrons. The van der Waals surface area contributed by atoms with Gasteiger partial charge in [-0.3, -0.25) is 4.79 Å². The third-order valence-corrected chi connectivity index (χ3v) is 3.16.